The molecule has 0 bridgehead atoms. The largest absolute Gasteiger partial charge is 0.103 e. The van der Waals surface area contributed by atoms with Gasteiger partial charge in [0.25, 0.3) is 0 Å². The summed E-state index contributed by atoms with van der Waals surface area (Å²) in [5, 5.41) is 0. The van der Waals surface area contributed by atoms with E-state index in [1.54, 1.807) is 22.3 Å². The summed E-state index contributed by atoms with van der Waals surface area (Å²) in [5.41, 5.74) is 6.66. The highest BCUT2D eigenvalue weighted by Gasteiger charge is 2.18. The van der Waals surface area contributed by atoms with Crippen LogP contribution in [0.25, 0.3) is 0 Å². The first kappa shape index (κ1) is 26.2. The third-order valence-electron chi connectivity index (χ3n) is 6.57. The number of hydrogen-bond acceptors (Lipinski definition) is 0. The molecule has 0 saturated carbocycles. The molecule has 0 heterocycles. The molecule has 27 heavy (non-hydrogen) atoms. The lowest BCUT2D eigenvalue weighted by Crippen LogP contribution is -2.13. The van der Waals surface area contributed by atoms with Crippen LogP contribution in [-0.2, 0) is 0 Å². The Morgan fingerprint density at radius 1 is 0.778 bits per heavy atom. The molecule has 0 amide bonds. The number of unbranched alkanes of at least 4 members (excludes halogenated alkanes) is 4. The zero-order valence-electron chi connectivity index (χ0n) is 19.9. The van der Waals surface area contributed by atoms with E-state index in [4.69, 9.17) is 0 Å². The van der Waals surface area contributed by atoms with Crippen molar-refractivity contribution in [3.8, 4) is 0 Å². The molecular formula is C27H50. The van der Waals surface area contributed by atoms with E-state index in [2.05, 4.69) is 61.1 Å². The molecule has 0 heteroatoms. The van der Waals surface area contributed by atoms with Crippen molar-refractivity contribution in [1.29, 1.82) is 0 Å². The van der Waals surface area contributed by atoms with Crippen LogP contribution in [0.4, 0.5) is 0 Å². The maximum atomic E-state index is 4.09. The van der Waals surface area contributed by atoms with Crippen molar-refractivity contribution >= 4 is 0 Å². The minimum absolute atomic E-state index is 0.582. The predicted molar refractivity (Wildman–Crippen MR) is 126 cm³/mol. The minimum atomic E-state index is 0.582. The fourth-order valence-electron chi connectivity index (χ4n) is 4.21. The van der Waals surface area contributed by atoms with Gasteiger partial charge in [-0.2, -0.15) is 0 Å². The summed E-state index contributed by atoms with van der Waals surface area (Å²) in [4.78, 5) is 0. The van der Waals surface area contributed by atoms with Gasteiger partial charge in [0.1, 0.15) is 0 Å². The van der Waals surface area contributed by atoms with Gasteiger partial charge in [0, 0.05) is 0 Å². The number of allylic oxidation sites excluding steroid dienone is 5. The average Bonchev–Trinajstić information content (AvgIpc) is 2.67. The Bertz CT molecular complexity index is 449. The Morgan fingerprint density at radius 2 is 1.37 bits per heavy atom. The zero-order valence-corrected chi connectivity index (χ0v) is 19.9. The Hall–Kier alpha value is -0.780. The quantitative estimate of drug-likeness (QED) is 0.186. The molecule has 0 radical (unpaired) electrons. The molecule has 0 aromatic carbocycles. The second-order valence-electron chi connectivity index (χ2n) is 8.71. The van der Waals surface area contributed by atoms with Crippen LogP contribution >= 0.6 is 0 Å². The van der Waals surface area contributed by atoms with E-state index in [-0.39, 0.29) is 0 Å². The molecular weight excluding hydrogens is 324 g/mol. The summed E-state index contributed by atoms with van der Waals surface area (Å²) in [6.07, 6.45) is 17.9. The fraction of sp³-hybridized carbons (Fsp3) is 0.778. The van der Waals surface area contributed by atoms with E-state index in [1.165, 1.54) is 77.0 Å². The van der Waals surface area contributed by atoms with Gasteiger partial charge < -0.3 is 0 Å². The van der Waals surface area contributed by atoms with Gasteiger partial charge in [-0.3, -0.25) is 0 Å². The van der Waals surface area contributed by atoms with Crippen molar-refractivity contribution in [3.63, 3.8) is 0 Å². The van der Waals surface area contributed by atoms with Crippen molar-refractivity contribution in [3.05, 3.63) is 34.9 Å². The molecule has 2 atom stereocenters. The van der Waals surface area contributed by atoms with Gasteiger partial charge in [0.15, 0.2) is 0 Å². The van der Waals surface area contributed by atoms with Gasteiger partial charge in [-0.25, -0.2) is 0 Å². The molecule has 0 aromatic rings. The standard InChI is InChI=1S/C27H50/c1-9-13-15-18-23(6)25(8)27(22(5)11-3)21-17-16-19-24(7)26(12-4)20-14-10-2/h11,22,27H,3,9-10,12-21H2,1-2,4-8H3. The summed E-state index contributed by atoms with van der Waals surface area (Å²) < 4.78 is 0. The lowest BCUT2D eigenvalue weighted by atomic mass is 9.81. The van der Waals surface area contributed by atoms with Crippen molar-refractivity contribution < 1.29 is 0 Å². The molecule has 0 spiro atoms. The van der Waals surface area contributed by atoms with E-state index in [1.807, 2.05) is 0 Å². The third kappa shape index (κ3) is 11.0. The Morgan fingerprint density at radius 3 is 1.93 bits per heavy atom. The van der Waals surface area contributed by atoms with Crippen LogP contribution in [0, 0.1) is 11.8 Å². The van der Waals surface area contributed by atoms with Crippen LogP contribution in [0.2, 0.25) is 0 Å². The first-order valence-corrected chi connectivity index (χ1v) is 11.9. The third-order valence-corrected chi connectivity index (χ3v) is 6.57. The van der Waals surface area contributed by atoms with E-state index in [0.29, 0.717) is 11.8 Å². The summed E-state index contributed by atoms with van der Waals surface area (Å²) in [7, 11) is 0. The zero-order chi connectivity index (χ0) is 20.7. The maximum absolute atomic E-state index is 4.09. The number of hydrogen-bond donors (Lipinski definition) is 0. The van der Waals surface area contributed by atoms with Crippen LogP contribution < -0.4 is 0 Å². The van der Waals surface area contributed by atoms with E-state index in [9.17, 15) is 0 Å². The van der Waals surface area contributed by atoms with E-state index < -0.39 is 0 Å². The second kappa shape index (κ2) is 16.2. The van der Waals surface area contributed by atoms with E-state index >= 15 is 0 Å². The monoisotopic (exact) mass is 374 g/mol. The topological polar surface area (TPSA) is 0 Å². The van der Waals surface area contributed by atoms with Crippen molar-refractivity contribution in [1.82, 2.24) is 0 Å². The molecule has 0 saturated heterocycles. The van der Waals surface area contributed by atoms with Gasteiger partial charge in [0.05, 0.1) is 0 Å². The smallest absolute Gasteiger partial charge is 0.0143 e. The SMILES string of the molecule is C=CC(C)C(CCCCC(C)=C(CC)CCCC)C(C)=C(C)CCCCC. The van der Waals surface area contributed by atoms with Gasteiger partial charge in [-0.15, -0.1) is 6.58 Å². The van der Waals surface area contributed by atoms with Crippen LogP contribution in [0.3, 0.4) is 0 Å². The van der Waals surface area contributed by atoms with E-state index in [0.717, 1.165) is 0 Å². The van der Waals surface area contributed by atoms with Gasteiger partial charge in [-0.1, -0.05) is 81.7 Å². The minimum Gasteiger partial charge on any atom is -0.103 e. The second-order valence-corrected chi connectivity index (χ2v) is 8.71. The number of rotatable bonds is 16. The lowest BCUT2D eigenvalue weighted by molar-refractivity contribution is 0.427. The molecule has 0 N–H and O–H groups in total. The molecule has 2 unspecified atom stereocenters. The first-order valence-electron chi connectivity index (χ1n) is 11.9. The Balaban J connectivity index is 4.73. The average molecular weight is 375 g/mol. The van der Waals surface area contributed by atoms with Crippen LogP contribution in [-0.4, -0.2) is 0 Å². The molecule has 0 aromatic heterocycles. The van der Waals surface area contributed by atoms with Crippen molar-refractivity contribution in [2.75, 3.05) is 0 Å². The molecule has 0 aliphatic rings. The summed E-state index contributed by atoms with van der Waals surface area (Å²) >= 11 is 0. The lowest BCUT2D eigenvalue weighted by Gasteiger charge is -2.25. The molecule has 0 aliphatic heterocycles. The first-order chi connectivity index (χ1) is 12.9. The summed E-state index contributed by atoms with van der Waals surface area (Å²) in [5.74, 6) is 1.26. The van der Waals surface area contributed by atoms with Crippen molar-refractivity contribution in [2.24, 2.45) is 11.8 Å². The molecule has 0 rings (SSSR count). The normalized spacial score (nSPS) is 15.8. The van der Waals surface area contributed by atoms with Crippen LogP contribution in [0.5, 0.6) is 0 Å². The predicted octanol–water partition coefficient (Wildman–Crippen LogP) is 9.82. The summed E-state index contributed by atoms with van der Waals surface area (Å²) in [6.45, 7) is 20.5. The van der Waals surface area contributed by atoms with Gasteiger partial charge in [0.2, 0.25) is 0 Å². The van der Waals surface area contributed by atoms with Gasteiger partial charge >= 0.3 is 0 Å². The van der Waals surface area contributed by atoms with Crippen LogP contribution in [0.1, 0.15) is 126 Å². The molecule has 0 fully saturated rings. The highest BCUT2D eigenvalue weighted by atomic mass is 14.2. The maximum Gasteiger partial charge on any atom is -0.0143 e. The van der Waals surface area contributed by atoms with Crippen molar-refractivity contribution in [2.45, 2.75) is 126 Å². The molecule has 0 nitrogen and oxygen atoms in total. The fourth-order valence-corrected chi connectivity index (χ4v) is 4.21. The highest BCUT2D eigenvalue weighted by Crippen LogP contribution is 2.31. The molecule has 0 aliphatic carbocycles. The Labute approximate surface area is 172 Å². The summed E-state index contributed by atoms with van der Waals surface area (Å²) in [6, 6.07) is 0. The van der Waals surface area contributed by atoms with Crippen LogP contribution in [0.15, 0.2) is 34.9 Å². The van der Waals surface area contributed by atoms with Gasteiger partial charge in [-0.05, 0) is 84.0 Å². The Kier molecular flexibility index (Phi) is 15.7. The highest BCUT2D eigenvalue weighted by molar-refractivity contribution is 5.15. The molecule has 158 valence electrons.